The summed E-state index contributed by atoms with van der Waals surface area (Å²) in [6.45, 7) is 3.44. The highest BCUT2D eigenvalue weighted by Crippen LogP contribution is 2.31. The lowest BCUT2D eigenvalue weighted by molar-refractivity contribution is 0.0963. The van der Waals surface area contributed by atoms with E-state index in [1.165, 1.54) is 42.5 Å². The summed E-state index contributed by atoms with van der Waals surface area (Å²) in [6.07, 6.45) is 4.98. The number of carbonyl (C=O) groups excluding carboxylic acids is 1. The number of hydrogen-bond donors (Lipinski definition) is 5. The third kappa shape index (κ3) is 6.28. The number of nitrogens with zero attached hydrogens (tertiary/aromatic N) is 1. The summed E-state index contributed by atoms with van der Waals surface area (Å²) >= 11 is 0. The topological polar surface area (TPSA) is 132 Å². The molecular weight excluding hydrogens is 376 g/mol. The van der Waals surface area contributed by atoms with Crippen molar-refractivity contribution in [1.29, 1.82) is 10.8 Å². The van der Waals surface area contributed by atoms with Gasteiger partial charge >= 0.3 is 0 Å². The van der Waals surface area contributed by atoms with Crippen LogP contribution in [-0.2, 0) is 13.0 Å². The van der Waals surface area contributed by atoms with E-state index in [1.54, 1.807) is 14.0 Å². The van der Waals surface area contributed by atoms with Crippen LogP contribution in [0.15, 0.2) is 48.7 Å². The van der Waals surface area contributed by atoms with Gasteiger partial charge in [0.15, 0.2) is 0 Å². The molecule has 0 unspecified atom stereocenters. The van der Waals surface area contributed by atoms with Crippen LogP contribution in [0.1, 0.15) is 34.0 Å². The van der Waals surface area contributed by atoms with Crippen molar-refractivity contribution in [3.8, 4) is 0 Å². The van der Waals surface area contributed by atoms with Crippen LogP contribution in [0.4, 0.5) is 5.69 Å². The number of benzene rings is 2. The second-order valence-electron chi connectivity index (χ2n) is 6.35. The van der Waals surface area contributed by atoms with Crippen molar-refractivity contribution in [3.05, 3.63) is 70.9 Å². The molecule has 0 spiro atoms. The highest BCUT2D eigenvalue weighted by atomic mass is 16.1. The second-order valence-corrected chi connectivity index (χ2v) is 6.35. The van der Waals surface area contributed by atoms with Gasteiger partial charge in [-0.05, 0) is 67.6 Å². The number of anilines is 1. The van der Waals surface area contributed by atoms with Crippen LogP contribution in [0.3, 0.4) is 0 Å². The Morgan fingerprint density at radius 1 is 1.13 bits per heavy atom. The Hall–Kier alpha value is -3.45. The molecule has 0 atom stereocenters. The van der Waals surface area contributed by atoms with Crippen LogP contribution in [0.2, 0.25) is 0 Å². The predicted molar refractivity (Wildman–Crippen MR) is 127 cm³/mol. The molecule has 0 aliphatic carbocycles. The van der Waals surface area contributed by atoms with E-state index in [9.17, 15) is 4.79 Å². The van der Waals surface area contributed by atoms with Crippen molar-refractivity contribution in [1.82, 2.24) is 5.32 Å². The number of nitrogens with one attached hydrogen (secondary N) is 3. The van der Waals surface area contributed by atoms with E-state index in [4.69, 9.17) is 16.6 Å². The Morgan fingerprint density at radius 2 is 1.73 bits per heavy atom. The number of carbonyl (C=O) groups is 1. The maximum absolute atomic E-state index is 11.6. The van der Waals surface area contributed by atoms with Gasteiger partial charge < -0.3 is 32.5 Å². The minimum Gasteiger partial charge on any atom is -0.404 e. The molecule has 30 heavy (non-hydrogen) atoms. The van der Waals surface area contributed by atoms with Gasteiger partial charge in [-0.2, -0.15) is 0 Å². The maximum Gasteiger partial charge on any atom is 0.251 e. The van der Waals surface area contributed by atoms with E-state index in [2.05, 4.69) is 28.1 Å². The average molecular weight is 409 g/mol. The first kappa shape index (κ1) is 24.6. The highest BCUT2D eigenvalue weighted by Gasteiger charge is 2.20. The quantitative estimate of drug-likeness (QED) is 0.487. The number of allylic oxidation sites excluding steroid dienone is 1. The van der Waals surface area contributed by atoms with Gasteiger partial charge in [-0.1, -0.05) is 18.2 Å². The molecule has 1 aliphatic rings. The van der Waals surface area contributed by atoms with Gasteiger partial charge in [-0.25, -0.2) is 0 Å². The standard InChI is InChI=1S/C20H22N4O.C2H5N.CH5N/c1-23-20(25)15-4-2-14(3-5-15)13-24-9-8-17-10-16(6-7-19(17)24)18(11-21)12-22;1-2-3;1-2/h2-7,10-12,21H,8-9,13,22H2,1H3,(H,23,25);2-3H,1H3;2H2,1H3/b18-12+,21-11?;;. The molecule has 7 N–H and O–H groups in total. The normalized spacial score (nSPS) is 11.9. The van der Waals surface area contributed by atoms with Crippen molar-refractivity contribution in [3.63, 3.8) is 0 Å². The zero-order valence-corrected chi connectivity index (χ0v) is 17.9. The molecule has 7 nitrogen and oxygen atoms in total. The fourth-order valence-corrected chi connectivity index (χ4v) is 3.17. The Balaban J connectivity index is 0.000000826. The zero-order chi connectivity index (χ0) is 22.5. The van der Waals surface area contributed by atoms with Gasteiger partial charge in [0, 0.05) is 49.4 Å². The average Bonchev–Trinajstić information content (AvgIpc) is 3.18. The lowest BCUT2D eigenvalue weighted by Crippen LogP contribution is -2.20. The number of amides is 1. The van der Waals surface area contributed by atoms with E-state index in [1.807, 2.05) is 30.3 Å². The molecule has 160 valence electrons. The third-order valence-electron chi connectivity index (χ3n) is 4.56. The predicted octanol–water partition coefficient (Wildman–Crippen LogP) is 2.79. The van der Waals surface area contributed by atoms with Crippen molar-refractivity contribution in [2.75, 3.05) is 25.5 Å². The van der Waals surface area contributed by atoms with Crippen molar-refractivity contribution >= 4 is 29.6 Å². The minimum absolute atomic E-state index is 0.0689. The van der Waals surface area contributed by atoms with Gasteiger partial charge in [-0.3, -0.25) is 4.79 Å². The van der Waals surface area contributed by atoms with Crippen molar-refractivity contribution in [2.24, 2.45) is 11.5 Å². The number of hydrogen-bond acceptors (Lipinski definition) is 6. The van der Waals surface area contributed by atoms with E-state index < -0.39 is 0 Å². The molecule has 1 aliphatic heterocycles. The van der Waals surface area contributed by atoms with Crippen LogP contribution >= 0.6 is 0 Å². The first-order valence-electron chi connectivity index (χ1n) is 9.72. The summed E-state index contributed by atoms with van der Waals surface area (Å²) in [7, 11) is 3.13. The lowest BCUT2D eigenvalue weighted by atomic mass is 10.0. The molecule has 0 bridgehead atoms. The fraction of sp³-hybridized carbons (Fsp3) is 0.261. The molecule has 0 saturated heterocycles. The molecular formula is C23H32N6O. The Kier molecular flexibility index (Phi) is 10.6. The molecule has 0 radical (unpaired) electrons. The summed E-state index contributed by atoms with van der Waals surface area (Å²) in [5.41, 5.74) is 16.1. The van der Waals surface area contributed by atoms with E-state index >= 15 is 0 Å². The number of nitrogens with two attached hydrogens (primary N) is 2. The van der Waals surface area contributed by atoms with Crippen LogP contribution < -0.4 is 21.7 Å². The molecule has 2 aromatic carbocycles. The molecule has 0 saturated carbocycles. The Labute approximate surface area is 178 Å². The lowest BCUT2D eigenvalue weighted by Gasteiger charge is -2.20. The molecule has 1 amide bonds. The Morgan fingerprint density at radius 3 is 2.27 bits per heavy atom. The summed E-state index contributed by atoms with van der Waals surface area (Å²) < 4.78 is 0. The Bertz CT molecular complexity index is 874. The summed E-state index contributed by atoms with van der Waals surface area (Å²) in [6, 6.07) is 13.9. The van der Waals surface area contributed by atoms with Gasteiger partial charge in [0.2, 0.25) is 0 Å². The highest BCUT2D eigenvalue weighted by molar-refractivity contribution is 6.08. The smallest absolute Gasteiger partial charge is 0.251 e. The van der Waals surface area contributed by atoms with Crippen LogP contribution in [0, 0.1) is 10.8 Å². The monoisotopic (exact) mass is 408 g/mol. The maximum atomic E-state index is 11.6. The summed E-state index contributed by atoms with van der Waals surface area (Å²) in [5, 5.41) is 16.1. The first-order chi connectivity index (χ1) is 14.6. The minimum atomic E-state index is -0.0689. The van der Waals surface area contributed by atoms with Crippen LogP contribution in [0.5, 0.6) is 0 Å². The zero-order valence-electron chi connectivity index (χ0n) is 17.9. The van der Waals surface area contributed by atoms with E-state index in [0.717, 1.165) is 30.6 Å². The molecule has 0 fully saturated rings. The van der Waals surface area contributed by atoms with Gasteiger partial charge in [0.05, 0.1) is 0 Å². The third-order valence-corrected chi connectivity index (χ3v) is 4.56. The molecule has 0 aromatic heterocycles. The second kappa shape index (κ2) is 12.9. The van der Waals surface area contributed by atoms with Gasteiger partial charge in [0.25, 0.3) is 5.91 Å². The number of rotatable bonds is 5. The van der Waals surface area contributed by atoms with Crippen molar-refractivity contribution in [2.45, 2.75) is 19.9 Å². The molecule has 2 aromatic rings. The number of fused-ring (bicyclic) bond motifs is 1. The summed E-state index contributed by atoms with van der Waals surface area (Å²) in [4.78, 5) is 14.0. The van der Waals surface area contributed by atoms with Crippen LogP contribution in [0.25, 0.3) is 5.57 Å². The van der Waals surface area contributed by atoms with E-state index in [-0.39, 0.29) is 5.91 Å². The van der Waals surface area contributed by atoms with Gasteiger partial charge in [-0.15, -0.1) is 0 Å². The molecule has 3 rings (SSSR count). The van der Waals surface area contributed by atoms with E-state index in [0.29, 0.717) is 5.56 Å². The largest absolute Gasteiger partial charge is 0.404 e. The fourth-order valence-electron chi connectivity index (χ4n) is 3.17. The van der Waals surface area contributed by atoms with Crippen molar-refractivity contribution < 1.29 is 4.79 Å². The van der Waals surface area contributed by atoms with Crippen LogP contribution in [-0.4, -0.2) is 39.0 Å². The molecule has 7 heteroatoms. The summed E-state index contributed by atoms with van der Waals surface area (Å²) in [5.74, 6) is -0.0689. The SMILES string of the molecule is CC=N.CN.CNC(=O)c1ccc(CN2CCc3cc(/C(C=N)=C/N)ccc32)cc1. The van der Waals surface area contributed by atoms with Gasteiger partial charge in [0.1, 0.15) is 0 Å². The first-order valence-corrected chi connectivity index (χ1v) is 9.72. The molecule has 1 heterocycles.